The lowest BCUT2D eigenvalue weighted by molar-refractivity contribution is 0.174. The number of nitrogens with one attached hydrogen (secondary N) is 2. The van der Waals surface area contributed by atoms with E-state index in [1.807, 2.05) is 38.2 Å². The van der Waals surface area contributed by atoms with E-state index >= 15 is 0 Å². The number of nitrogens with zero attached hydrogens (tertiary/aromatic N) is 2. The minimum absolute atomic E-state index is 0.241. The Morgan fingerprint density at radius 2 is 2.14 bits per heavy atom. The molecule has 0 saturated carbocycles. The molecule has 116 valence electrons. The summed E-state index contributed by atoms with van der Waals surface area (Å²) in [5.74, 6) is 1.96. The van der Waals surface area contributed by atoms with Gasteiger partial charge in [-0.1, -0.05) is 6.07 Å². The molecule has 3 rings (SSSR count). The quantitative estimate of drug-likeness (QED) is 0.909. The van der Waals surface area contributed by atoms with Gasteiger partial charge < -0.3 is 14.8 Å². The average Bonchev–Trinajstić information content (AvgIpc) is 3.13. The number of carbonyl (C=O) groups is 1. The monoisotopic (exact) mass is 302 g/mol. The molecular formula is C15H18N4O3. The van der Waals surface area contributed by atoms with Crippen molar-refractivity contribution in [1.29, 1.82) is 0 Å². The largest absolute Gasteiger partial charge is 0.454 e. The van der Waals surface area contributed by atoms with Crippen LogP contribution in [0, 0.1) is 0 Å². The van der Waals surface area contributed by atoms with Crippen LogP contribution in [-0.2, 0) is 6.54 Å². The minimum Gasteiger partial charge on any atom is -0.454 e. The summed E-state index contributed by atoms with van der Waals surface area (Å²) in [7, 11) is 0. The molecule has 1 aliphatic heterocycles. The summed E-state index contributed by atoms with van der Waals surface area (Å²) in [6, 6.07) is 7.30. The van der Waals surface area contributed by atoms with E-state index in [1.165, 1.54) is 0 Å². The van der Waals surface area contributed by atoms with Crippen molar-refractivity contribution >= 4 is 11.8 Å². The molecule has 0 spiro atoms. The summed E-state index contributed by atoms with van der Waals surface area (Å²) in [5, 5.41) is 9.74. The number of rotatable bonds is 4. The van der Waals surface area contributed by atoms with Gasteiger partial charge in [0.05, 0.1) is 0 Å². The van der Waals surface area contributed by atoms with Crippen LogP contribution in [-0.4, -0.2) is 22.6 Å². The SMILES string of the molecule is CC(C)n1ccc(NC(=O)NCc2ccc3c(c2)OCO3)n1. The fourth-order valence-electron chi connectivity index (χ4n) is 2.09. The average molecular weight is 302 g/mol. The maximum atomic E-state index is 11.9. The Balaban J connectivity index is 1.53. The first-order chi connectivity index (χ1) is 10.6. The number of hydrogen-bond acceptors (Lipinski definition) is 4. The molecule has 7 heteroatoms. The molecule has 1 aromatic heterocycles. The van der Waals surface area contributed by atoms with Gasteiger partial charge in [-0.2, -0.15) is 5.10 Å². The van der Waals surface area contributed by atoms with Crippen LogP contribution in [0.15, 0.2) is 30.5 Å². The normalized spacial score (nSPS) is 12.5. The number of ether oxygens (including phenoxy) is 2. The third-order valence-corrected chi connectivity index (χ3v) is 3.27. The first-order valence-corrected chi connectivity index (χ1v) is 7.10. The minimum atomic E-state index is -0.299. The lowest BCUT2D eigenvalue weighted by Gasteiger charge is -2.07. The Labute approximate surface area is 128 Å². The molecule has 0 unspecified atom stereocenters. The van der Waals surface area contributed by atoms with E-state index in [0.29, 0.717) is 18.1 Å². The second-order valence-electron chi connectivity index (χ2n) is 5.27. The molecule has 0 aliphatic carbocycles. The number of amides is 2. The van der Waals surface area contributed by atoms with Crippen molar-refractivity contribution in [3.8, 4) is 11.5 Å². The lowest BCUT2D eigenvalue weighted by Crippen LogP contribution is -2.28. The molecule has 0 saturated heterocycles. The topological polar surface area (TPSA) is 77.4 Å². The molecule has 7 nitrogen and oxygen atoms in total. The van der Waals surface area contributed by atoms with Gasteiger partial charge in [-0.05, 0) is 31.5 Å². The number of hydrogen-bond donors (Lipinski definition) is 2. The van der Waals surface area contributed by atoms with Crippen molar-refractivity contribution in [3.63, 3.8) is 0 Å². The van der Waals surface area contributed by atoms with Crippen molar-refractivity contribution in [3.05, 3.63) is 36.0 Å². The number of carbonyl (C=O) groups excluding carboxylic acids is 1. The van der Waals surface area contributed by atoms with Gasteiger partial charge in [0.15, 0.2) is 17.3 Å². The third-order valence-electron chi connectivity index (χ3n) is 3.27. The van der Waals surface area contributed by atoms with Crippen LogP contribution < -0.4 is 20.1 Å². The number of anilines is 1. The van der Waals surface area contributed by atoms with Crippen molar-refractivity contribution in [2.24, 2.45) is 0 Å². The highest BCUT2D eigenvalue weighted by Crippen LogP contribution is 2.32. The van der Waals surface area contributed by atoms with Gasteiger partial charge in [-0.15, -0.1) is 0 Å². The second-order valence-corrected chi connectivity index (χ2v) is 5.27. The van der Waals surface area contributed by atoms with Crippen molar-refractivity contribution < 1.29 is 14.3 Å². The van der Waals surface area contributed by atoms with Crippen LogP contribution in [0.1, 0.15) is 25.5 Å². The molecule has 22 heavy (non-hydrogen) atoms. The third kappa shape index (κ3) is 3.13. The van der Waals surface area contributed by atoms with E-state index in [4.69, 9.17) is 9.47 Å². The van der Waals surface area contributed by atoms with Gasteiger partial charge in [0.2, 0.25) is 6.79 Å². The summed E-state index contributed by atoms with van der Waals surface area (Å²) < 4.78 is 12.3. The van der Waals surface area contributed by atoms with Gasteiger partial charge in [-0.25, -0.2) is 4.79 Å². The van der Waals surface area contributed by atoms with Crippen molar-refractivity contribution in [2.75, 3.05) is 12.1 Å². The fourth-order valence-corrected chi connectivity index (χ4v) is 2.09. The molecule has 0 bridgehead atoms. The smallest absolute Gasteiger partial charge is 0.320 e. The number of urea groups is 1. The predicted octanol–water partition coefficient (Wildman–Crippen LogP) is 2.51. The molecule has 0 atom stereocenters. The van der Waals surface area contributed by atoms with Crippen LogP contribution in [0.4, 0.5) is 10.6 Å². The number of aromatic nitrogens is 2. The highest BCUT2D eigenvalue weighted by Gasteiger charge is 2.13. The Kier molecular flexibility index (Phi) is 3.86. The first-order valence-electron chi connectivity index (χ1n) is 7.10. The second kappa shape index (κ2) is 5.97. The van der Waals surface area contributed by atoms with Crippen molar-refractivity contribution in [2.45, 2.75) is 26.4 Å². The maximum Gasteiger partial charge on any atom is 0.320 e. The van der Waals surface area contributed by atoms with E-state index in [9.17, 15) is 4.79 Å². The van der Waals surface area contributed by atoms with Gasteiger partial charge in [0, 0.05) is 24.8 Å². The molecule has 2 amide bonds. The highest BCUT2D eigenvalue weighted by molar-refractivity contribution is 5.88. The Bertz CT molecular complexity index is 681. The number of fused-ring (bicyclic) bond motifs is 1. The van der Waals surface area contributed by atoms with Crippen LogP contribution in [0.5, 0.6) is 11.5 Å². The van der Waals surface area contributed by atoms with E-state index in [1.54, 1.807) is 10.7 Å². The Hall–Kier alpha value is -2.70. The molecule has 2 N–H and O–H groups in total. The molecule has 1 aliphatic rings. The highest BCUT2D eigenvalue weighted by atomic mass is 16.7. The zero-order valence-corrected chi connectivity index (χ0v) is 12.5. The van der Waals surface area contributed by atoms with Gasteiger partial charge >= 0.3 is 6.03 Å². The first kappa shape index (κ1) is 14.2. The molecule has 2 heterocycles. The zero-order chi connectivity index (χ0) is 15.5. The predicted molar refractivity (Wildman–Crippen MR) is 81.0 cm³/mol. The van der Waals surface area contributed by atoms with Crippen LogP contribution in [0.3, 0.4) is 0 Å². The molecule has 1 aromatic carbocycles. The Morgan fingerprint density at radius 3 is 2.91 bits per heavy atom. The standard InChI is InChI=1S/C15H18N4O3/c1-10(2)19-6-5-14(18-19)17-15(20)16-8-11-3-4-12-13(7-11)22-9-21-12/h3-7,10H,8-9H2,1-2H3,(H2,16,17,18,20). The van der Waals surface area contributed by atoms with E-state index in [2.05, 4.69) is 15.7 Å². The van der Waals surface area contributed by atoms with E-state index in [0.717, 1.165) is 11.3 Å². The van der Waals surface area contributed by atoms with E-state index in [-0.39, 0.29) is 18.9 Å². The van der Waals surface area contributed by atoms with Gasteiger partial charge in [0.25, 0.3) is 0 Å². The summed E-state index contributed by atoms with van der Waals surface area (Å²) in [5.41, 5.74) is 0.937. The zero-order valence-electron chi connectivity index (χ0n) is 12.5. The molecule has 2 aromatic rings. The Morgan fingerprint density at radius 1 is 1.32 bits per heavy atom. The van der Waals surface area contributed by atoms with Gasteiger partial charge in [-0.3, -0.25) is 10.00 Å². The van der Waals surface area contributed by atoms with E-state index < -0.39 is 0 Å². The maximum absolute atomic E-state index is 11.9. The van der Waals surface area contributed by atoms with Crippen molar-refractivity contribution in [1.82, 2.24) is 15.1 Å². The van der Waals surface area contributed by atoms with Crippen LogP contribution in [0.25, 0.3) is 0 Å². The molecule has 0 radical (unpaired) electrons. The summed E-state index contributed by atoms with van der Waals surface area (Å²) in [6.07, 6.45) is 1.83. The summed E-state index contributed by atoms with van der Waals surface area (Å²) in [4.78, 5) is 11.9. The number of benzene rings is 1. The van der Waals surface area contributed by atoms with Crippen LogP contribution >= 0.6 is 0 Å². The lowest BCUT2D eigenvalue weighted by atomic mass is 10.2. The van der Waals surface area contributed by atoms with Crippen LogP contribution in [0.2, 0.25) is 0 Å². The summed E-state index contributed by atoms with van der Waals surface area (Å²) >= 11 is 0. The molecular weight excluding hydrogens is 284 g/mol. The fraction of sp³-hybridized carbons (Fsp3) is 0.333. The summed E-state index contributed by atoms with van der Waals surface area (Å²) in [6.45, 7) is 4.69. The molecule has 0 fully saturated rings. The van der Waals surface area contributed by atoms with Gasteiger partial charge in [0.1, 0.15) is 0 Å².